The minimum Gasteiger partial charge on any atom is -0.456 e. The van der Waals surface area contributed by atoms with Crippen molar-refractivity contribution >= 4 is 28.3 Å². The highest BCUT2D eigenvalue weighted by Gasteiger charge is 2.00. The monoisotopic (exact) mass is 311 g/mol. The Bertz CT molecular complexity index is 453. The van der Waals surface area contributed by atoms with Gasteiger partial charge >= 0.3 is 0 Å². The highest BCUT2D eigenvalue weighted by Crippen LogP contribution is 2.26. The Labute approximate surface area is 102 Å². The van der Waals surface area contributed by atoms with E-state index < -0.39 is 0 Å². The maximum Gasteiger partial charge on any atom is 0.140 e. The van der Waals surface area contributed by atoms with Gasteiger partial charge < -0.3 is 10.5 Å². The van der Waals surface area contributed by atoms with E-state index in [2.05, 4.69) is 22.6 Å². The zero-order valence-corrected chi connectivity index (χ0v) is 10.1. The minimum atomic E-state index is 0.741. The van der Waals surface area contributed by atoms with Crippen molar-refractivity contribution < 1.29 is 4.74 Å². The Hall–Kier alpha value is -1.23. The van der Waals surface area contributed by atoms with E-state index in [0.29, 0.717) is 0 Å². The highest BCUT2D eigenvalue weighted by molar-refractivity contribution is 14.1. The van der Waals surface area contributed by atoms with E-state index in [4.69, 9.17) is 10.5 Å². The van der Waals surface area contributed by atoms with Crippen LogP contribution in [0.25, 0.3) is 0 Å². The summed E-state index contributed by atoms with van der Waals surface area (Å²) >= 11 is 2.24. The van der Waals surface area contributed by atoms with Crippen molar-refractivity contribution in [3.05, 3.63) is 52.1 Å². The molecule has 0 heterocycles. The molecule has 0 fully saturated rings. The Balaban J connectivity index is 2.22. The number of nitrogen functional groups attached to an aromatic ring is 1. The van der Waals surface area contributed by atoms with Crippen LogP contribution in [0.5, 0.6) is 11.5 Å². The third-order valence-corrected chi connectivity index (χ3v) is 2.84. The highest BCUT2D eigenvalue weighted by atomic mass is 127. The SMILES string of the molecule is Nc1ccc(Oc2ccccc2I)cc1. The van der Waals surface area contributed by atoms with Gasteiger partial charge in [-0.15, -0.1) is 0 Å². The van der Waals surface area contributed by atoms with Crippen LogP contribution in [0.3, 0.4) is 0 Å². The Morgan fingerprint density at radius 1 is 0.933 bits per heavy atom. The lowest BCUT2D eigenvalue weighted by Crippen LogP contribution is -1.88. The number of halogens is 1. The van der Waals surface area contributed by atoms with Gasteiger partial charge in [0.2, 0.25) is 0 Å². The third kappa shape index (κ3) is 2.62. The standard InChI is InChI=1S/C12H10INO/c13-11-3-1-2-4-12(11)15-10-7-5-9(14)6-8-10/h1-8H,14H2. The van der Waals surface area contributed by atoms with E-state index in [1.54, 1.807) is 0 Å². The Kier molecular flexibility index (Phi) is 3.11. The maximum atomic E-state index is 5.70. The van der Waals surface area contributed by atoms with Gasteiger partial charge in [0.15, 0.2) is 0 Å². The van der Waals surface area contributed by atoms with Crippen LogP contribution in [-0.2, 0) is 0 Å². The molecule has 0 spiro atoms. The van der Waals surface area contributed by atoms with Crippen LogP contribution in [-0.4, -0.2) is 0 Å². The topological polar surface area (TPSA) is 35.2 Å². The van der Waals surface area contributed by atoms with Gasteiger partial charge in [-0.2, -0.15) is 0 Å². The summed E-state index contributed by atoms with van der Waals surface area (Å²) in [4.78, 5) is 0. The van der Waals surface area contributed by atoms with Gasteiger partial charge in [-0.05, 0) is 59.0 Å². The first-order valence-corrected chi connectivity index (χ1v) is 5.61. The summed E-state index contributed by atoms with van der Waals surface area (Å²) in [5.41, 5.74) is 6.33. The summed E-state index contributed by atoms with van der Waals surface area (Å²) in [6.45, 7) is 0. The van der Waals surface area contributed by atoms with E-state index in [9.17, 15) is 0 Å². The Morgan fingerprint density at radius 2 is 1.60 bits per heavy atom. The van der Waals surface area contributed by atoms with Gasteiger partial charge in [0.25, 0.3) is 0 Å². The Morgan fingerprint density at radius 3 is 2.27 bits per heavy atom. The minimum absolute atomic E-state index is 0.741. The zero-order valence-electron chi connectivity index (χ0n) is 7.98. The fourth-order valence-electron chi connectivity index (χ4n) is 1.19. The molecule has 0 radical (unpaired) electrons. The van der Waals surface area contributed by atoms with Gasteiger partial charge in [-0.3, -0.25) is 0 Å². The summed E-state index contributed by atoms with van der Waals surface area (Å²) in [7, 11) is 0. The molecule has 0 saturated carbocycles. The van der Waals surface area contributed by atoms with Crippen LogP contribution < -0.4 is 10.5 Å². The number of ether oxygens (including phenoxy) is 1. The van der Waals surface area contributed by atoms with Gasteiger partial charge in [0.1, 0.15) is 11.5 Å². The second-order valence-corrected chi connectivity index (χ2v) is 4.26. The van der Waals surface area contributed by atoms with Crippen LogP contribution >= 0.6 is 22.6 Å². The molecule has 15 heavy (non-hydrogen) atoms. The average Bonchev–Trinajstić information content (AvgIpc) is 2.25. The molecule has 0 unspecified atom stereocenters. The molecule has 0 amide bonds. The van der Waals surface area contributed by atoms with Crippen LogP contribution in [0.4, 0.5) is 5.69 Å². The fraction of sp³-hybridized carbons (Fsp3) is 0. The molecule has 2 aromatic rings. The van der Waals surface area contributed by atoms with Crippen LogP contribution in [0.1, 0.15) is 0 Å². The molecular weight excluding hydrogens is 301 g/mol. The van der Waals surface area contributed by atoms with Crippen molar-refractivity contribution in [3.8, 4) is 11.5 Å². The van der Waals surface area contributed by atoms with E-state index in [1.165, 1.54) is 0 Å². The van der Waals surface area contributed by atoms with Gasteiger partial charge in [0.05, 0.1) is 3.57 Å². The fourth-order valence-corrected chi connectivity index (χ4v) is 1.69. The summed E-state index contributed by atoms with van der Waals surface area (Å²) < 4.78 is 6.79. The molecule has 0 aliphatic carbocycles. The molecule has 76 valence electrons. The first-order valence-electron chi connectivity index (χ1n) is 4.53. The lowest BCUT2D eigenvalue weighted by molar-refractivity contribution is 0.479. The molecule has 2 N–H and O–H groups in total. The second-order valence-electron chi connectivity index (χ2n) is 3.10. The second kappa shape index (κ2) is 4.53. The smallest absolute Gasteiger partial charge is 0.140 e. The van der Waals surface area contributed by atoms with Crippen molar-refractivity contribution in [2.45, 2.75) is 0 Å². The molecule has 2 aromatic carbocycles. The molecule has 0 bridgehead atoms. The van der Waals surface area contributed by atoms with Crippen molar-refractivity contribution in [1.29, 1.82) is 0 Å². The van der Waals surface area contributed by atoms with Crippen molar-refractivity contribution in [3.63, 3.8) is 0 Å². The van der Waals surface area contributed by atoms with Crippen LogP contribution in [0, 0.1) is 3.57 Å². The van der Waals surface area contributed by atoms with Crippen LogP contribution in [0.15, 0.2) is 48.5 Å². The largest absolute Gasteiger partial charge is 0.456 e. The summed E-state index contributed by atoms with van der Waals surface area (Å²) in [6.07, 6.45) is 0. The molecular formula is C12H10INO. The zero-order chi connectivity index (χ0) is 10.7. The molecule has 3 heteroatoms. The summed E-state index contributed by atoms with van der Waals surface area (Å²) in [5, 5.41) is 0. The number of nitrogens with two attached hydrogens (primary N) is 1. The quantitative estimate of drug-likeness (QED) is 0.678. The number of benzene rings is 2. The normalized spacial score (nSPS) is 9.93. The summed E-state index contributed by atoms with van der Waals surface area (Å²) in [5.74, 6) is 1.66. The number of para-hydroxylation sites is 1. The van der Waals surface area contributed by atoms with Gasteiger partial charge in [-0.25, -0.2) is 0 Å². The molecule has 0 atom stereocenters. The lowest BCUT2D eigenvalue weighted by Gasteiger charge is -2.07. The predicted octanol–water partition coefficient (Wildman–Crippen LogP) is 3.67. The number of hydrogen-bond donors (Lipinski definition) is 1. The third-order valence-electron chi connectivity index (χ3n) is 1.94. The molecule has 0 aromatic heterocycles. The number of anilines is 1. The predicted molar refractivity (Wildman–Crippen MR) is 70.1 cm³/mol. The van der Waals surface area contributed by atoms with Crippen LogP contribution in [0.2, 0.25) is 0 Å². The van der Waals surface area contributed by atoms with E-state index in [1.807, 2.05) is 48.5 Å². The molecule has 0 saturated heterocycles. The van der Waals surface area contributed by atoms with E-state index in [-0.39, 0.29) is 0 Å². The average molecular weight is 311 g/mol. The maximum absolute atomic E-state index is 5.70. The van der Waals surface area contributed by atoms with Crippen molar-refractivity contribution in [2.75, 3.05) is 5.73 Å². The molecule has 2 nitrogen and oxygen atoms in total. The van der Waals surface area contributed by atoms with Crippen molar-refractivity contribution in [2.24, 2.45) is 0 Å². The van der Waals surface area contributed by atoms with E-state index >= 15 is 0 Å². The first kappa shape index (κ1) is 10.3. The number of hydrogen-bond acceptors (Lipinski definition) is 2. The molecule has 2 rings (SSSR count). The first-order chi connectivity index (χ1) is 7.25. The van der Waals surface area contributed by atoms with E-state index in [0.717, 1.165) is 20.8 Å². The molecule has 0 aliphatic rings. The lowest BCUT2D eigenvalue weighted by atomic mass is 10.3. The van der Waals surface area contributed by atoms with Crippen molar-refractivity contribution in [1.82, 2.24) is 0 Å². The summed E-state index contributed by atoms with van der Waals surface area (Å²) in [6, 6.07) is 15.3. The van der Waals surface area contributed by atoms with Gasteiger partial charge in [-0.1, -0.05) is 12.1 Å². The number of rotatable bonds is 2. The molecule has 0 aliphatic heterocycles. The van der Waals surface area contributed by atoms with Gasteiger partial charge in [0, 0.05) is 5.69 Å².